The van der Waals surface area contributed by atoms with Gasteiger partial charge in [-0.25, -0.2) is 0 Å². The van der Waals surface area contributed by atoms with Crippen molar-refractivity contribution in [2.45, 2.75) is 0 Å². The van der Waals surface area contributed by atoms with E-state index in [0.29, 0.717) is 0 Å². The van der Waals surface area contributed by atoms with E-state index in [-0.39, 0.29) is 6.71 Å². The molecule has 0 amide bonds. The van der Waals surface area contributed by atoms with Crippen LogP contribution in [0.25, 0.3) is 33.1 Å². The van der Waals surface area contributed by atoms with E-state index >= 15 is 0 Å². The van der Waals surface area contributed by atoms with Crippen molar-refractivity contribution in [2.75, 3.05) is 9.80 Å². The van der Waals surface area contributed by atoms with Crippen LogP contribution in [0.5, 0.6) is 11.5 Å². The number of para-hydroxylation sites is 3. The van der Waals surface area contributed by atoms with Gasteiger partial charge in [0.2, 0.25) is 0 Å². The van der Waals surface area contributed by atoms with Gasteiger partial charge < -0.3 is 19.0 Å². The molecule has 11 rings (SSSR count). The van der Waals surface area contributed by atoms with Gasteiger partial charge in [0.05, 0.1) is 0 Å². The zero-order valence-electron chi connectivity index (χ0n) is 28.7. The summed E-state index contributed by atoms with van der Waals surface area (Å²) in [6.45, 7) is -0.000233. The lowest BCUT2D eigenvalue weighted by Gasteiger charge is -2.39. The Bertz CT molecular complexity index is 2830. The molecule has 0 bridgehead atoms. The van der Waals surface area contributed by atoms with Gasteiger partial charge in [0, 0.05) is 51.0 Å². The van der Waals surface area contributed by atoms with E-state index in [0.717, 1.165) is 67.3 Å². The van der Waals surface area contributed by atoms with Gasteiger partial charge >= 0.3 is 0 Å². The molecule has 2 aliphatic rings. The van der Waals surface area contributed by atoms with Crippen molar-refractivity contribution in [1.29, 1.82) is 0 Å². The number of fused-ring (bicyclic) bond motifs is 7. The van der Waals surface area contributed by atoms with Crippen molar-refractivity contribution in [3.05, 3.63) is 188 Å². The first kappa shape index (κ1) is 29.7. The number of rotatable bonds is 5. The maximum absolute atomic E-state index is 6.80. The van der Waals surface area contributed by atoms with E-state index in [2.05, 4.69) is 198 Å². The maximum Gasteiger partial charge on any atom is 0.256 e. The van der Waals surface area contributed by atoms with Gasteiger partial charge in [0.1, 0.15) is 22.7 Å². The quantitative estimate of drug-likeness (QED) is 0.170. The zero-order valence-corrected chi connectivity index (χ0v) is 28.7. The normalized spacial score (nSPS) is 12.6. The lowest BCUT2D eigenvalue weighted by molar-refractivity contribution is 0.488. The number of benzene rings is 8. The maximum atomic E-state index is 6.80. The molecule has 8 aromatic carbocycles. The molecule has 3 heterocycles. The highest BCUT2D eigenvalue weighted by Crippen LogP contribution is 2.43. The number of ether oxygens (including phenoxy) is 1. The van der Waals surface area contributed by atoms with E-state index in [1.807, 2.05) is 0 Å². The van der Waals surface area contributed by atoms with Gasteiger partial charge in [-0.3, -0.25) is 0 Å². The first-order chi connectivity index (χ1) is 26.3. The van der Waals surface area contributed by atoms with Crippen LogP contribution in [-0.2, 0) is 0 Å². The molecule has 0 atom stereocenters. The second-order valence-electron chi connectivity index (χ2n) is 13.7. The molecule has 0 fully saturated rings. The summed E-state index contributed by atoms with van der Waals surface area (Å²) in [5, 5.41) is 2.09. The van der Waals surface area contributed by atoms with E-state index in [1.165, 1.54) is 27.7 Å². The fourth-order valence-electron chi connectivity index (χ4n) is 8.36. The molecule has 0 unspecified atom stereocenters. The number of hydrogen-bond donors (Lipinski definition) is 0. The van der Waals surface area contributed by atoms with Crippen LogP contribution >= 0.6 is 0 Å². The molecule has 5 heteroatoms. The van der Waals surface area contributed by atoms with Crippen LogP contribution in [0.15, 0.2) is 192 Å². The zero-order chi connectivity index (χ0) is 34.9. The number of furan rings is 1. The van der Waals surface area contributed by atoms with Gasteiger partial charge in [-0.15, -0.1) is 0 Å². The number of anilines is 6. The molecule has 53 heavy (non-hydrogen) atoms. The molecule has 2 aliphatic heterocycles. The van der Waals surface area contributed by atoms with Crippen molar-refractivity contribution >= 4 is 79.2 Å². The summed E-state index contributed by atoms with van der Waals surface area (Å²) in [5.74, 6) is 1.76. The fourth-order valence-corrected chi connectivity index (χ4v) is 8.36. The molecule has 0 spiro atoms. The molecule has 0 saturated heterocycles. The Hall–Kier alpha value is -6.98. The summed E-state index contributed by atoms with van der Waals surface area (Å²) >= 11 is 0. The van der Waals surface area contributed by atoms with Crippen LogP contribution in [0.4, 0.5) is 34.1 Å². The Morgan fingerprint density at radius 1 is 0.434 bits per heavy atom. The van der Waals surface area contributed by atoms with Crippen LogP contribution in [0.3, 0.4) is 0 Å². The van der Waals surface area contributed by atoms with Gasteiger partial charge in [-0.1, -0.05) is 103 Å². The second kappa shape index (κ2) is 11.8. The van der Waals surface area contributed by atoms with Gasteiger partial charge in [-0.05, 0) is 106 Å². The lowest BCUT2D eigenvalue weighted by atomic mass is 9.34. The molecule has 0 aliphatic carbocycles. The average molecular weight is 679 g/mol. The highest BCUT2D eigenvalue weighted by molar-refractivity contribution is 6.99. The summed E-state index contributed by atoms with van der Waals surface area (Å²) in [5.41, 5.74) is 14.2. The summed E-state index contributed by atoms with van der Waals surface area (Å²) in [6.07, 6.45) is 0. The van der Waals surface area contributed by atoms with Crippen LogP contribution in [0, 0.1) is 0 Å². The van der Waals surface area contributed by atoms with Crippen LogP contribution in [0.1, 0.15) is 0 Å². The predicted molar refractivity (Wildman–Crippen MR) is 220 cm³/mol. The third kappa shape index (κ3) is 4.71. The minimum Gasteiger partial charge on any atom is -0.458 e. The first-order valence-corrected chi connectivity index (χ1v) is 18.0. The lowest BCUT2D eigenvalue weighted by Crippen LogP contribution is -2.59. The Balaban J connectivity index is 1.06. The van der Waals surface area contributed by atoms with E-state index in [9.17, 15) is 0 Å². The first-order valence-electron chi connectivity index (χ1n) is 18.0. The van der Waals surface area contributed by atoms with Gasteiger partial charge in [0.25, 0.3) is 6.71 Å². The Labute approximate surface area is 307 Å². The summed E-state index contributed by atoms with van der Waals surface area (Å²) in [7, 11) is 0. The van der Waals surface area contributed by atoms with E-state index in [4.69, 9.17) is 9.15 Å². The summed E-state index contributed by atoms with van der Waals surface area (Å²) < 4.78 is 13.6. The molecule has 248 valence electrons. The van der Waals surface area contributed by atoms with Crippen molar-refractivity contribution in [1.82, 2.24) is 0 Å². The number of hydrogen-bond acceptors (Lipinski definition) is 4. The SMILES string of the molecule is c1ccc(-c2cccc(N(c3ccccc3)c3ccc4c(c3)oc3cc5c(cc34)Oc3cccc4c3B5c3ccccc3N4c3ccccc3)c2)cc1. The third-order valence-corrected chi connectivity index (χ3v) is 10.7. The average Bonchev–Trinajstić information content (AvgIpc) is 3.58. The van der Waals surface area contributed by atoms with Crippen LogP contribution < -0.4 is 30.9 Å². The minimum atomic E-state index is -0.000233. The molecule has 9 aromatic rings. The minimum absolute atomic E-state index is 0.000233. The molecule has 4 nitrogen and oxygen atoms in total. The Morgan fingerprint density at radius 3 is 1.94 bits per heavy atom. The van der Waals surface area contributed by atoms with Crippen molar-refractivity contribution in [3.63, 3.8) is 0 Å². The molecule has 1 aromatic heterocycles. The second-order valence-corrected chi connectivity index (χ2v) is 13.7. The van der Waals surface area contributed by atoms with Crippen molar-refractivity contribution < 1.29 is 9.15 Å². The topological polar surface area (TPSA) is 28.9 Å². The fraction of sp³-hybridized carbons (Fsp3) is 0. The van der Waals surface area contributed by atoms with Gasteiger partial charge in [0.15, 0.2) is 0 Å². The molecular formula is C48H31BN2O2. The largest absolute Gasteiger partial charge is 0.458 e. The molecule has 0 radical (unpaired) electrons. The summed E-state index contributed by atoms with van der Waals surface area (Å²) in [4.78, 5) is 4.65. The van der Waals surface area contributed by atoms with Crippen molar-refractivity contribution in [2.24, 2.45) is 0 Å². The van der Waals surface area contributed by atoms with E-state index < -0.39 is 0 Å². The highest BCUT2D eigenvalue weighted by atomic mass is 16.5. The smallest absolute Gasteiger partial charge is 0.256 e. The summed E-state index contributed by atoms with van der Waals surface area (Å²) in [6, 6.07) is 66.4. The molecular weight excluding hydrogens is 647 g/mol. The highest BCUT2D eigenvalue weighted by Gasteiger charge is 2.42. The third-order valence-electron chi connectivity index (χ3n) is 10.7. The molecule has 0 saturated carbocycles. The Morgan fingerprint density at radius 2 is 1.09 bits per heavy atom. The predicted octanol–water partition coefficient (Wildman–Crippen LogP) is 11.1. The monoisotopic (exact) mass is 678 g/mol. The Kier molecular flexibility index (Phi) is 6.61. The van der Waals surface area contributed by atoms with Gasteiger partial charge in [-0.2, -0.15) is 0 Å². The van der Waals surface area contributed by atoms with Crippen molar-refractivity contribution in [3.8, 4) is 22.6 Å². The van der Waals surface area contributed by atoms with E-state index in [1.54, 1.807) is 0 Å². The standard InChI is InChI=1S/C48H31BN2O2/c1-4-14-32(15-5-1)33-16-12-21-36(28-33)50(34-17-6-2-7-18-34)37-26-27-38-39-30-47-41(31-46(39)53-45(38)29-37)49-40-22-10-11-23-42(40)51(35-19-8-3-9-20-35)43-24-13-25-44(52-47)48(43)49/h1-31H. The molecule has 0 N–H and O–H groups in total. The van der Waals surface area contributed by atoms with Crippen LogP contribution in [0.2, 0.25) is 0 Å². The number of nitrogens with zero attached hydrogens (tertiary/aromatic N) is 2. The van der Waals surface area contributed by atoms with Crippen LogP contribution in [-0.4, -0.2) is 6.71 Å².